The number of carbonyl (C=O) groups excluding carboxylic acids is 1. The number of rotatable bonds is 13. The van der Waals surface area contributed by atoms with Gasteiger partial charge in [-0.1, -0.05) is 19.1 Å². The fraction of sp³-hybridized carbons (Fsp3) is 0.346. The Kier molecular flexibility index (Phi) is 8.90. The van der Waals surface area contributed by atoms with Crippen molar-refractivity contribution in [2.24, 2.45) is 0 Å². The third-order valence-electron chi connectivity index (χ3n) is 4.93. The predicted molar refractivity (Wildman–Crippen MR) is 123 cm³/mol. The largest absolute Gasteiger partial charge is 0.494 e. The van der Waals surface area contributed by atoms with Crippen LogP contribution in [0.4, 0.5) is 0 Å². The first-order chi connectivity index (χ1) is 15.5. The highest BCUT2D eigenvalue weighted by atomic mass is 16.5. The van der Waals surface area contributed by atoms with Crippen molar-refractivity contribution in [3.8, 4) is 11.5 Å². The van der Waals surface area contributed by atoms with E-state index >= 15 is 0 Å². The van der Waals surface area contributed by atoms with Crippen LogP contribution in [-0.4, -0.2) is 41.7 Å². The Hall–Kier alpha value is -3.09. The minimum Gasteiger partial charge on any atom is -0.494 e. The second-order valence-electron chi connectivity index (χ2n) is 7.79. The van der Waals surface area contributed by atoms with E-state index < -0.39 is 6.10 Å². The topological polar surface area (TPSA) is 72.1 Å². The molecule has 1 atom stereocenters. The number of ether oxygens (including phenoxy) is 2. The summed E-state index contributed by atoms with van der Waals surface area (Å²) in [6, 6.07) is 18.7. The maximum atomic E-state index is 11.4. The molecule has 6 nitrogen and oxygen atoms in total. The molecule has 0 spiro atoms. The molecular weight excluding hydrogens is 406 g/mol. The van der Waals surface area contributed by atoms with E-state index in [0.717, 1.165) is 23.5 Å². The van der Waals surface area contributed by atoms with Gasteiger partial charge < -0.3 is 19.0 Å². The minimum atomic E-state index is -0.690. The van der Waals surface area contributed by atoms with E-state index in [1.807, 2.05) is 36.4 Å². The van der Waals surface area contributed by atoms with E-state index in [-0.39, 0.29) is 12.4 Å². The van der Waals surface area contributed by atoms with Crippen LogP contribution in [0.2, 0.25) is 0 Å². The van der Waals surface area contributed by atoms with Crippen molar-refractivity contribution in [1.29, 1.82) is 0 Å². The molecule has 1 unspecified atom stereocenters. The number of nitrogens with zero attached hydrogens (tertiary/aromatic N) is 1. The van der Waals surface area contributed by atoms with Crippen molar-refractivity contribution in [2.75, 3.05) is 19.8 Å². The van der Waals surface area contributed by atoms with Crippen LogP contribution in [0.1, 0.15) is 41.9 Å². The maximum Gasteiger partial charge on any atom is 0.159 e. The van der Waals surface area contributed by atoms with Gasteiger partial charge in [0, 0.05) is 18.7 Å². The quantitative estimate of drug-likeness (QED) is 0.390. The van der Waals surface area contributed by atoms with Crippen LogP contribution in [0.15, 0.2) is 71.3 Å². The summed E-state index contributed by atoms with van der Waals surface area (Å²) in [6.45, 7) is 6.10. The normalized spacial score (nSPS) is 12.0. The Bertz CT molecular complexity index is 935. The summed E-state index contributed by atoms with van der Waals surface area (Å²) in [5.74, 6) is 2.32. The van der Waals surface area contributed by atoms with Crippen LogP contribution in [-0.2, 0) is 13.1 Å². The van der Waals surface area contributed by atoms with Crippen molar-refractivity contribution in [3.05, 3.63) is 83.8 Å². The van der Waals surface area contributed by atoms with Crippen LogP contribution >= 0.6 is 0 Å². The monoisotopic (exact) mass is 437 g/mol. The smallest absolute Gasteiger partial charge is 0.159 e. The summed E-state index contributed by atoms with van der Waals surface area (Å²) in [5, 5.41) is 10.6. The Morgan fingerprint density at radius 2 is 1.69 bits per heavy atom. The zero-order chi connectivity index (χ0) is 22.8. The molecule has 1 heterocycles. The SMILES string of the molecule is CCCOc1ccc(CN(Cc2ccco2)CC(O)COc2ccc(C(C)=O)cc2)cc1. The molecule has 6 heteroatoms. The van der Waals surface area contributed by atoms with Gasteiger partial charge in [0.15, 0.2) is 5.78 Å². The summed E-state index contributed by atoms with van der Waals surface area (Å²) in [5.41, 5.74) is 1.75. The minimum absolute atomic E-state index is 0.00936. The first-order valence-electron chi connectivity index (χ1n) is 10.9. The van der Waals surface area contributed by atoms with Crippen LogP contribution in [0, 0.1) is 0 Å². The number of Topliss-reactive ketones (excluding diaryl/α,β-unsaturated/α-hetero) is 1. The zero-order valence-corrected chi connectivity index (χ0v) is 18.7. The Morgan fingerprint density at radius 1 is 1.00 bits per heavy atom. The maximum absolute atomic E-state index is 11.4. The molecule has 3 aromatic rings. The summed E-state index contributed by atoms with van der Waals surface area (Å²) >= 11 is 0. The molecule has 0 bridgehead atoms. The molecule has 1 aromatic heterocycles. The molecule has 0 aliphatic carbocycles. The van der Waals surface area contributed by atoms with Gasteiger partial charge in [-0.25, -0.2) is 0 Å². The van der Waals surface area contributed by atoms with Crippen molar-refractivity contribution in [3.63, 3.8) is 0 Å². The van der Waals surface area contributed by atoms with Crippen LogP contribution in [0.5, 0.6) is 11.5 Å². The molecule has 1 N–H and O–H groups in total. The average molecular weight is 438 g/mol. The number of aliphatic hydroxyl groups is 1. The van der Waals surface area contributed by atoms with Gasteiger partial charge in [-0.15, -0.1) is 0 Å². The Morgan fingerprint density at radius 3 is 2.31 bits per heavy atom. The average Bonchev–Trinajstić information content (AvgIpc) is 3.30. The van der Waals surface area contributed by atoms with Gasteiger partial charge in [0.1, 0.15) is 30.0 Å². The lowest BCUT2D eigenvalue weighted by molar-refractivity contribution is 0.0604. The second kappa shape index (κ2) is 12.1. The Labute approximate surface area is 189 Å². The molecule has 170 valence electrons. The van der Waals surface area contributed by atoms with Crippen LogP contribution in [0.3, 0.4) is 0 Å². The number of furan rings is 1. The van der Waals surface area contributed by atoms with E-state index in [0.29, 0.717) is 37.6 Å². The molecule has 0 radical (unpaired) electrons. The van der Waals surface area contributed by atoms with E-state index in [2.05, 4.69) is 11.8 Å². The molecule has 0 saturated heterocycles. The lowest BCUT2D eigenvalue weighted by atomic mass is 10.1. The van der Waals surface area contributed by atoms with Gasteiger partial charge in [0.25, 0.3) is 0 Å². The van der Waals surface area contributed by atoms with E-state index in [9.17, 15) is 9.90 Å². The fourth-order valence-electron chi connectivity index (χ4n) is 3.31. The summed E-state index contributed by atoms with van der Waals surface area (Å²) in [7, 11) is 0. The highest BCUT2D eigenvalue weighted by molar-refractivity contribution is 5.94. The van der Waals surface area contributed by atoms with Crippen molar-refractivity contribution < 1.29 is 23.8 Å². The molecule has 3 rings (SSSR count). The predicted octanol–water partition coefficient (Wildman–Crippen LogP) is 4.71. The van der Waals surface area contributed by atoms with Crippen molar-refractivity contribution in [1.82, 2.24) is 4.90 Å². The second-order valence-corrected chi connectivity index (χ2v) is 7.79. The molecule has 32 heavy (non-hydrogen) atoms. The Balaban J connectivity index is 1.57. The summed E-state index contributed by atoms with van der Waals surface area (Å²) in [6.07, 6.45) is 1.93. The number of ketones is 1. The highest BCUT2D eigenvalue weighted by Crippen LogP contribution is 2.17. The van der Waals surface area contributed by atoms with Gasteiger partial charge in [-0.2, -0.15) is 0 Å². The third kappa shape index (κ3) is 7.55. The molecule has 2 aromatic carbocycles. The van der Waals surface area contributed by atoms with Gasteiger partial charge in [0.2, 0.25) is 0 Å². The first kappa shape index (κ1) is 23.6. The lowest BCUT2D eigenvalue weighted by Gasteiger charge is -2.24. The zero-order valence-electron chi connectivity index (χ0n) is 18.7. The van der Waals surface area contributed by atoms with E-state index in [1.165, 1.54) is 6.92 Å². The van der Waals surface area contributed by atoms with E-state index in [4.69, 9.17) is 13.9 Å². The van der Waals surface area contributed by atoms with Crippen molar-refractivity contribution >= 4 is 5.78 Å². The molecule has 0 saturated carbocycles. The summed E-state index contributed by atoms with van der Waals surface area (Å²) < 4.78 is 16.9. The number of hydrogen-bond donors (Lipinski definition) is 1. The van der Waals surface area contributed by atoms with Crippen LogP contribution < -0.4 is 9.47 Å². The third-order valence-corrected chi connectivity index (χ3v) is 4.93. The van der Waals surface area contributed by atoms with Crippen LogP contribution in [0.25, 0.3) is 0 Å². The first-order valence-corrected chi connectivity index (χ1v) is 10.9. The fourth-order valence-corrected chi connectivity index (χ4v) is 3.31. The molecule has 0 aliphatic heterocycles. The molecule has 0 amide bonds. The number of carbonyl (C=O) groups is 1. The van der Waals surface area contributed by atoms with Crippen molar-refractivity contribution in [2.45, 2.75) is 39.5 Å². The summed E-state index contributed by atoms with van der Waals surface area (Å²) in [4.78, 5) is 13.5. The van der Waals surface area contributed by atoms with Gasteiger partial charge >= 0.3 is 0 Å². The van der Waals surface area contributed by atoms with Gasteiger partial charge in [-0.05, 0) is 67.4 Å². The number of hydrogen-bond acceptors (Lipinski definition) is 6. The molecular formula is C26H31NO5. The number of benzene rings is 2. The van der Waals surface area contributed by atoms with Gasteiger partial charge in [0.05, 0.1) is 19.4 Å². The molecule has 0 fully saturated rings. The number of aliphatic hydroxyl groups excluding tert-OH is 1. The lowest BCUT2D eigenvalue weighted by Crippen LogP contribution is -2.35. The van der Waals surface area contributed by atoms with E-state index in [1.54, 1.807) is 30.5 Å². The highest BCUT2D eigenvalue weighted by Gasteiger charge is 2.15. The molecule has 0 aliphatic rings. The standard InChI is InChI=1S/C26H31NO5/c1-3-14-30-24-10-6-21(7-11-24)16-27(18-26-5-4-15-31-26)17-23(29)19-32-25-12-8-22(9-13-25)20(2)28/h4-13,15,23,29H,3,14,16-19H2,1-2H3. The van der Waals surface area contributed by atoms with Gasteiger partial charge in [-0.3, -0.25) is 9.69 Å².